The number of fused-ring (bicyclic) bond motifs is 3. The summed E-state index contributed by atoms with van der Waals surface area (Å²) >= 11 is 1.62. The Hall–Kier alpha value is -0.0969. The van der Waals surface area contributed by atoms with Gasteiger partial charge in [-0.25, -0.2) is 0 Å². The molecule has 3 aliphatic rings. The minimum atomic E-state index is 0. The van der Waals surface area contributed by atoms with Crippen LogP contribution in [0.5, 0.6) is 0 Å². The zero-order valence-corrected chi connectivity index (χ0v) is 20.5. The maximum absolute atomic E-state index is 2.57. The van der Waals surface area contributed by atoms with Crippen molar-refractivity contribution < 1.29 is 49.5 Å². The van der Waals surface area contributed by atoms with Crippen molar-refractivity contribution in [1.29, 1.82) is 0 Å². The van der Waals surface area contributed by atoms with Crippen LogP contribution in [0.4, 0.5) is 0 Å². The molecule has 0 aromatic heterocycles. The summed E-state index contributed by atoms with van der Waals surface area (Å²) in [6.07, 6.45) is 15.4. The van der Waals surface area contributed by atoms with Crippen molar-refractivity contribution in [2.24, 2.45) is 0 Å². The normalized spacial score (nSPS) is 19.4. The Balaban J connectivity index is 0.00000112. The molecule has 0 unspecified atom stereocenters. The molecule has 0 aliphatic heterocycles. The predicted octanol–water partition coefficient (Wildman–Crippen LogP) is 0.533. The fourth-order valence-electron chi connectivity index (χ4n) is 5.76. The van der Waals surface area contributed by atoms with Gasteiger partial charge in [-0.3, -0.25) is 0 Å². The van der Waals surface area contributed by atoms with Crippen molar-refractivity contribution in [2.45, 2.75) is 82.5 Å². The third-order valence-electron chi connectivity index (χ3n) is 7.25. The van der Waals surface area contributed by atoms with Crippen LogP contribution in [0.1, 0.15) is 98.3 Å². The van der Waals surface area contributed by atoms with E-state index in [9.17, 15) is 0 Å². The van der Waals surface area contributed by atoms with E-state index in [1.165, 1.54) is 76.2 Å². The summed E-state index contributed by atoms with van der Waals surface area (Å²) in [6, 6.07) is 12.4. The van der Waals surface area contributed by atoms with Crippen LogP contribution in [0.15, 0.2) is 30.3 Å². The summed E-state index contributed by atoms with van der Waals surface area (Å²) in [5, 5.41) is 0. The zero-order chi connectivity index (χ0) is 17.5. The number of rotatable bonds is 2. The summed E-state index contributed by atoms with van der Waals surface area (Å²) in [5.74, 6) is 1.66. The third kappa shape index (κ3) is 4.19. The molecule has 0 saturated heterocycles. The van der Waals surface area contributed by atoms with Crippen LogP contribution in [-0.2, 0) is 31.1 Å². The molecule has 147 valence electrons. The Morgan fingerprint density at radius 1 is 0.679 bits per heavy atom. The van der Waals surface area contributed by atoms with Gasteiger partial charge in [-0.2, -0.15) is 0 Å². The number of benzene rings is 2. The van der Waals surface area contributed by atoms with E-state index in [4.69, 9.17) is 0 Å². The molecule has 0 spiro atoms. The molecule has 0 heterocycles. The second-order valence-electron chi connectivity index (χ2n) is 8.82. The molecule has 0 bridgehead atoms. The van der Waals surface area contributed by atoms with Gasteiger partial charge in [0.2, 0.25) is 0 Å². The van der Waals surface area contributed by atoms with E-state index in [1.807, 2.05) is 0 Å². The number of hydrogen-bond donors (Lipinski definition) is 0. The summed E-state index contributed by atoms with van der Waals surface area (Å²) in [6.45, 7) is 0. The van der Waals surface area contributed by atoms with E-state index in [0.717, 1.165) is 11.8 Å². The molecule has 5 rings (SSSR count). The molecule has 2 aromatic rings. The van der Waals surface area contributed by atoms with Gasteiger partial charge >= 0.3 is 174 Å². The fourth-order valence-corrected chi connectivity index (χ4v) is 7.01. The van der Waals surface area contributed by atoms with Gasteiger partial charge in [-0.05, 0) is 0 Å². The van der Waals surface area contributed by atoms with Crippen LogP contribution < -0.4 is 28.1 Å². The van der Waals surface area contributed by atoms with Crippen molar-refractivity contribution in [2.75, 3.05) is 0 Å². The van der Waals surface area contributed by atoms with E-state index < -0.39 is 0 Å². The zero-order valence-electron chi connectivity index (χ0n) is 16.6. The number of hydrogen-bond acceptors (Lipinski definition) is 0. The van der Waals surface area contributed by atoms with Crippen molar-refractivity contribution >= 4 is 3.27 Å². The molecule has 2 fully saturated rings. The van der Waals surface area contributed by atoms with Crippen molar-refractivity contribution in [1.82, 2.24) is 0 Å². The monoisotopic (exact) mass is 489 g/mol. The van der Waals surface area contributed by atoms with Gasteiger partial charge in [0.15, 0.2) is 0 Å². The van der Waals surface area contributed by atoms with Gasteiger partial charge in [-0.15, -0.1) is 0 Å². The van der Waals surface area contributed by atoms with Crippen LogP contribution in [0.3, 0.4) is 0 Å². The molecule has 2 aromatic carbocycles. The van der Waals surface area contributed by atoms with E-state index >= 15 is 0 Å². The second kappa shape index (κ2) is 9.81. The number of halogens is 2. The maximum atomic E-state index is 2.57. The Morgan fingerprint density at radius 2 is 1.29 bits per heavy atom. The van der Waals surface area contributed by atoms with Gasteiger partial charge in [0.25, 0.3) is 0 Å². The molecular weight excluding hydrogens is 462 g/mol. The van der Waals surface area contributed by atoms with Crippen molar-refractivity contribution in [3.05, 3.63) is 52.6 Å². The molecule has 0 atom stereocenters. The van der Waals surface area contributed by atoms with Crippen molar-refractivity contribution in [3.8, 4) is 11.1 Å². The van der Waals surface area contributed by atoms with Crippen LogP contribution in [0, 0.1) is 0 Å². The molecule has 0 nitrogen and oxygen atoms in total. The average Bonchev–Trinajstić information content (AvgIpc) is 3.08. The predicted molar refractivity (Wildman–Crippen MR) is 106 cm³/mol. The van der Waals surface area contributed by atoms with Crippen molar-refractivity contribution in [3.63, 3.8) is 0 Å². The Morgan fingerprint density at radius 3 is 1.96 bits per heavy atom. The van der Waals surface area contributed by atoms with Gasteiger partial charge < -0.3 is 24.8 Å². The van der Waals surface area contributed by atoms with Crippen LogP contribution in [-0.4, -0.2) is 0 Å². The van der Waals surface area contributed by atoms with E-state index in [1.54, 1.807) is 55.8 Å². The minimum absolute atomic E-state index is 0. The van der Waals surface area contributed by atoms with E-state index in [-0.39, 0.29) is 24.8 Å². The van der Waals surface area contributed by atoms with E-state index in [0.29, 0.717) is 0 Å². The first-order valence-electron chi connectivity index (χ1n) is 10.8. The van der Waals surface area contributed by atoms with Gasteiger partial charge in [0.1, 0.15) is 0 Å². The van der Waals surface area contributed by atoms with E-state index in [2.05, 4.69) is 30.3 Å². The first kappa shape index (κ1) is 22.6. The fraction of sp³-hybridized carbons (Fsp3) is 0.520. The SMILES string of the molecule is [Cl-].[Cl-].[Zr+2][c]1c(C2CCCCC2)ccc2c1Cc1cc(C3CCCCC3)ccc1-2. The summed E-state index contributed by atoms with van der Waals surface area (Å²) < 4.78 is 1.69. The summed E-state index contributed by atoms with van der Waals surface area (Å²) in [4.78, 5) is 0. The Bertz CT molecular complexity index is 818. The first-order valence-corrected chi connectivity index (χ1v) is 12.0. The van der Waals surface area contributed by atoms with Crippen LogP contribution in [0.2, 0.25) is 0 Å². The molecule has 0 N–H and O–H groups in total. The third-order valence-corrected chi connectivity index (χ3v) is 8.70. The van der Waals surface area contributed by atoms with Crippen LogP contribution in [0.25, 0.3) is 11.1 Å². The molecule has 0 amide bonds. The van der Waals surface area contributed by atoms with Gasteiger partial charge in [0.05, 0.1) is 0 Å². The quantitative estimate of drug-likeness (QED) is 0.491. The molecule has 0 radical (unpaired) electrons. The molecule has 3 heteroatoms. The van der Waals surface area contributed by atoms with Gasteiger partial charge in [0, 0.05) is 0 Å². The molecule has 28 heavy (non-hydrogen) atoms. The first-order chi connectivity index (χ1) is 12.8. The van der Waals surface area contributed by atoms with Crippen LogP contribution >= 0.6 is 0 Å². The molecule has 2 saturated carbocycles. The average molecular weight is 492 g/mol. The second-order valence-corrected chi connectivity index (χ2v) is 10.0. The standard InChI is InChI=1S/C25H29.2ClH.Zr/c1-3-7-18(8-4-1)20-11-13-24-22(15-20)17-23-16-21(12-14-25(23)24)19-9-5-2-6-10-19;;;/h11-15,18-19H,1-10,17H2;2*1H;/q;;;+2/p-2. The summed E-state index contributed by atoms with van der Waals surface area (Å²) in [7, 11) is 0. The summed E-state index contributed by atoms with van der Waals surface area (Å²) in [5.41, 5.74) is 9.66. The molecular formula is C25H29Cl2Zr. The topological polar surface area (TPSA) is 0 Å². The Labute approximate surface area is 197 Å². The molecule has 3 aliphatic carbocycles. The Kier molecular flexibility index (Phi) is 7.91. The van der Waals surface area contributed by atoms with Gasteiger partial charge in [-0.1, -0.05) is 0 Å².